The molecule has 0 bridgehead atoms. The van der Waals surface area contributed by atoms with Crippen LogP contribution >= 0.6 is 0 Å². The molecule has 6 heteroatoms. The lowest BCUT2D eigenvalue weighted by molar-refractivity contribution is 0.0180. The Balaban J connectivity index is 1.62. The zero-order valence-corrected chi connectivity index (χ0v) is 21.8. The molecular formula is C29H38N4O2. The van der Waals surface area contributed by atoms with Crippen LogP contribution in [0.2, 0.25) is 0 Å². The summed E-state index contributed by atoms with van der Waals surface area (Å²) in [5, 5.41) is 9.76. The molecular weight excluding hydrogens is 436 g/mol. The molecule has 6 nitrogen and oxygen atoms in total. The topological polar surface area (TPSA) is 59.8 Å². The molecule has 0 aromatic heterocycles. The number of nitrogens with zero attached hydrogens (tertiary/aromatic N) is 4. The molecule has 2 fully saturated rings. The summed E-state index contributed by atoms with van der Waals surface area (Å²) in [5.74, 6) is 0.809. The van der Waals surface area contributed by atoms with E-state index in [1.54, 1.807) is 7.11 Å². The maximum atomic E-state index is 13.8. The molecule has 1 aliphatic heterocycles. The van der Waals surface area contributed by atoms with Crippen LogP contribution in [0.15, 0.2) is 54.6 Å². The van der Waals surface area contributed by atoms with Crippen molar-refractivity contribution in [2.75, 3.05) is 34.3 Å². The molecule has 1 aliphatic carbocycles. The lowest BCUT2D eigenvalue weighted by Crippen LogP contribution is -2.56. The van der Waals surface area contributed by atoms with Gasteiger partial charge in [-0.15, -0.1) is 0 Å². The molecule has 0 atom stereocenters. The maximum Gasteiger partial charge on any atom is 0.320 e. The molecule has 2 aromatic carbocycles. The van der Waals surface area contributed by atoms with Gasteiger partial charge in [-0.05, 0) is 76.9 Å². The fraction of sp³-hybridized carbons (Fsp3) is 0.517. The van der Waals surface area contributed by atoms with E-state index in [0.717, 1.165) is 37.0 Å². The Bertz CT molecular complexity index is 1060. The minimum Gasteiger partial charge on any atom is -0.497 e. The van der Waals surface area contributed by atoms with Crippen LogP contribution in [-0.2, 0) is 12.1 Å². The number of hydrogen-bond acceptors (Lipinski definition) is 4. The van der Waals surface area contributed by atoms with E-state index in [9.17, 15) is 10.1 Å². The molecule has 1 heterocycles. The fourth-order valence-electron chi connectivity index (χ4n) is 5.92. The molecule has 2 amide bonds. The van der Waals surface area contributed by atoms with Gasteiger partial charge in [-0.3, -0.25) is 4.90 Å². The number of carbonyl (C=O) groups is 1. The average Bonchev–Trinajstić information content (AvgIpc) is 3.10. The Kier molecular flexibility index (Phi) is 6.83. The first kappa shape index (κ1) is 25.1. The lowest BCUT2D eigenvalue weighted by Gasteiger charge is -2.51. The van der Waals surface area contributed by atoms with Crippen LogP contribution in [0.5, 0.6) is 5.75 Å². The molecule has 0 unspecified atom stereocenters. The highest BCUT2D eigenvalue weighted by Crippen LogP contribution is 2.49. The van der Waals surface area contributed by atoms with E-state index >= 15 is 0 Å². The van der Waals surface area contributed by atoms with Gasteiger partial charge in [0, 0.05) is 25.2 Å². The van der Waals surface area contributed by atoms with E-state index in [1.165, 1.54) is 5.56 Å². The van der Waals surface area contributed by atoms with Gasteiger partial charge in [-0.2, -0.15) is 5.26 Å². The summed E-state index contributed by atoms with van der Waals surface area (Å²) in [5.41, 5.74) is 1.51. The Hall–Kier alpha value is -3.04. The number of benzene rings is 2. The quantitative estimate of drug-likeness (QED) is 0.550. The predicted octanol–water partition coefficient (Wildman–Crippen LogP) is 5.25. The van der Waals surface area contributed by atoms with E-state index in [0.29, 0.717) is 19.6 Å². The zero-order valence-electron chi connectivity index (χ0n) is 21.8. The van der Waals surface area contributed by atoms with Crippen LogP contribution < -0.4 is 4.74 Å². The third-order valence-corrected chi connectivity index (χ3v) is 8.12. The second-order valence-corrected chi connectivity index (χ2v) is 11.1. The fourth-order valence-corrected chi connectivity index (χ4v) is 5.92. The third kappa shape index (κ3) is 4.75. The number of hydrogen-bond donors (Lipinski definition) is 0. The number of rotatable bonds is 7. The second-order valence-electron chi connectivity index (χ2n) is 11.1. The first-order chi connectivity index (χ1) is 16.6. The molecule has 0 N–H and O–H groups in total. The van der Waals surface area contributed by atoms with Crippen LogP contribution in [0, 0.1) is 16.7 Å². The molecule has 186 valence electrons. The molecule has 0 radical (unpaired) electrons. The van der Waals surface area contributed by atoms with Gasteiger partial charge in [0.15, 0.2) is 0 Å². The van der Waals surface area contributed by atoms with Crippen molar-refractivity contribution >= 4 is 6.03 Å². The zero-order chi connectivity index (χ0) is 25.3. The van der Waals surface area contributed by atoms with Crippen LogP contribution in [0.3, 0.4) is 0 Å². The molecule has 1 saturated heterocycles. The Morgan fingerprint density at radius 3 is 2.20 bits per heavy atom. The number of amides is 2. The molecule has 2 aromatic rings. The average molecular weight is 475 g/mol. The largest absolute Gasteiger partial charge is 0.497 e. The number of carbonyl (C=O) groups excluding carboxylic acids is 1. The minimum absolute atomic E-state index is 0.0428. The minimum atomic E-state index is -0.603. The third-order valence-electron chi connectivity index (χ3n) is 8.12. The number of methoxy groups -OCH3 is 1. The molecule has 1 saturated carbocycles. The van der Waals surface area contributed by atoms with Gasteiger partial charge in [-0.25, -0.2) is 4.79 Å². The Labute approximate surface area is 210 Å². The van der Waals surface area contributed by atoms with Crippen molar-refractivity contribution in [2.45, 2.75) is 57.2 Å². The van der Waals surface area contributed by atoms with Crippen LogP contribution in [0.25, 0.3) is 0 Å². The van der Waals surface area contributed by atoms with Gasteiger partial charge < -0.3 is 14.5 Å². The van der Waals surface area contributed by atoms with E-state index in [-0.39, 0.29) is 17.1 Å². The van der Waals surface area contributed by atoms with Gasteiger partial charge in [0.1, 0.15) is 5.75 Å². The van der Waals surface area contributed by atoms with E-state index in [1.807, 2.05) is 47.9 Å². The normalized spacial score (nSPS) is 24.8. The van der Waals surface area contributed by atoms with E-state index < -0.39 is 5.41 Å². The van der Waals surface area contributed by atoms with Crippen molar-refractivity contribution in [1.29, 1.82) is 5.26 Å². The van der Waals surface area contributed by atoms with Gasteiger partial charge in [0.25, 0.3) is 0 Å². The summed E-state index contributed by atoms with van der Waals surface area (Å²) in [6, 6.07) is 21.1. The number of ether oxygens (including phenoxy) is 1. The van der Waals surface area contributed by atoms with Gasteiger partial charge >= 0.3 is 6.03 Å². The van der Waals surface area contributed by atoms with Crippen LogP contribution in [-0.4, -0.2) is 60.6 Å². The van der Waals surface area contributed by atoms with Crippen molar-refractivity contribution in [3.05, 3.63) is 65.7 Å². The predicted molar refractivity (Wildman–Crippen MR) is 138 cm³/mol. The summed E-state index contributed by atoms with van der Waals surface area (Å²) in [6.07, 6.45) is 3.76. The maximum absolute atomic E-state index is 13.8. The van der Waals surface area contributed by atoms with Gasteiger partial charge in [0.2, 0.25) is 0 Å². The Morgan fingerprint density at radius 2 is 1.66 bits per heavy atom. The van der Waals surface area contributed by atoms with Crippen molar-refractivity contribution in [3.63, 3.8) is 0 Å². The first-order valence-corrected chi connectivity index (χ1v) is 12.5. The Morgan fingerprint density at radius 1 is 1.03 bits per heavy atom. The van der Waals surface area contributed by atoms with Crippen molar-refractivity contribution in [3.8, 4) is 11.8 Å². The summed E-state index contributed by atoms with van der Waals surface area (Å²) < 4.78 is 5.29. The summed E-state index contributed by atoms with van der Waals surface area (Å²) in [6.45, 7) is 5.55. The van der Waals surface area contributed by atoms with Gasteiger partial charge in [-0.1, -0.05) is 42.5 Å². The summed E-state index contributed by atoms with van der Waals surface area (Å²) in [4.78, 5) is 20.1. The first-order valence-electron chi connectivity index (χ1n) is 12.5. The molecule has 35 heavy (non-hydrogen) atoms. The highest BCUT2D eigenvalue weighted by molar-refractivity contribution is 5.78. The van der Waals surface area contributed by atoms with Gasteiger partial charge in [0.05, 0.1) is 24.1 Å². The smallest absolute Gasteiger partial charge is 0.320 e. The molecule has 4 rings (SSSR count). The summed E-state index contributed by atoms with van der Waals surface area (Å²) >= 11 is 0. The van der Waals surface area contributed by atoms with Crippen molar-refractivity contribution in [2.24, 2.45) is 5.41 Å². The highest BCUT2D eigenvalue weighted by Gasteiger charge is 2.55. The van der Waals surface area contributed by atoms with E-state index in [2.05, 4.69) is 55.4 Å². The number of nitriles is 1. The molecule has 1 spiro atoms. The summed E-state index contributed by atoms with van der Waals surface area (Å²) in [7, 11) is 5.98. The highest BCUT2D eigenvalue weighted by atomic mass is 16.5. The van der Waals surface area contributed by atoms with Crippen LogP contribution in [0.4, 0.5) is 4.79 Å². The number of urea groups is 1. The standard InChI is InChI=1S/C29H38N4O2/c1-27(2,20-30)21-33-26(34)32(19-23-11-13-25(35-5)14-12-23)22-28(33)15-17-29(18-16-28,31(3)4)24-9-7-6-8-10-24/h6-14H,15-19,21-22H2,1-5H3/t28-,29+. The monoisotopic (exact) mass is 474 g/mol. The SMILES string of the molecule is COc1ccc(CN2C[C@]3(CC[C@](c4ccccc4)(N(C)C)CC3)N(CC(C)(C)C#N)C2=O)cc1. The lowest BCUT2D eigenvalue weighted by atomic mass is 9.68. The second kappa shape index (κ2) is 9.54. The van der Waals surface area contributed by atoms with Crippen molar-refractivity contribution in [1.82, 2.24) is 14.7 Å². The van der Waals surface area contributed by atoms with E-state index in [4.69, 9.17) is 4.74 Å². The molecule has 2 aliphatic rings. The van der Waals surface area contributed by atoms with Crippen molar-refractivity contribution < 1.29 is 9.53 Å². The van der Waals surface area contributed by atoms with Crippen LogP contribution in [0.1, 0.15) is 50.7 Å².